The van der Waals surface area contributed by atoms with Gasteiger partial charge in [0.1, 0.15) is 0 Å². The predicted octanol–water partition coefficient (Wildman–Crippen LogP) is -0.107. The van der Waals surface area contributed by atoms with Gasteiger partial charge in [0, 0.05) is 5.92 Å². The smallest absolute Gasteiger partial charge is 0.220 e. The third-order valence-electron chi connectivity index (χ3n) is 1.74. The number of rotatable bonds is 1. The van der Waals surface area contributed by atoms with Crippen molar-refractivity contribution in [2.24, 2.45) is 11.7 Å². The lowest BCUT2D eigenvalue weighted by Gasteiger charge is -2.18. The summed E-state index contributed by atoms with van der Waals surface area (Å²) in [6.45, 7) is 1.88. The van der Waals surface area contributed by atoms with Crippen LogP contribution in [0.25, 0.3) is 0 Å². The molecule has 1 amide bonds. The Morgan fingerprint density at radius 2 is 1.90 bits per heavy atom. The summed E-state index contributed by atoms with van der Waals surface area (Å²) in [5.41, 5.74) is 5.10. The van der Waals surface area contributed by atoms with E-state index in [9.17, 15) is 4.79 Å². The van der Waals surface area contributed by atoms with Gasteiger partial charge >= 0.3 is 0 Å². The molecule has 4 heteroatoms. The average Bonchev–Trinajstić information content (AvgIpc) is 1.90. The van der Waals surface area contributed by atoms with Gasteiger partial charge in [-0.15, -0.1) is 12.4 Å². The second kappa shape index (κ2) is 4.52. The Labute approximate surface area is 66.8 Å². The quantitative estimate of drug-likeness (QED) is 0.569. The largest absolute Gasteiger partial charge is 0.369 e. The molecule has 0 radical (unpaired) electrons. The van der Waals surface area contributed by atoms with Crippen molar-refractivity contribution in [3.05, 3.63) is 0 Å². The molecule has 1 aliphatic rings. The number of hydrogen-bond acceptors (Lipinski definition) is 2. The molecule has 1 saturated heterocycles. The number of piperidine rings is 1. The summed E-state index contributed by atoms with van der Waals surface area (Å²) in [6.07, 6.45) is 1.82. The van der Waals surface area contributed by atoms with Crippen LogP contribution in [0.2, 0.25) is 0 Å². The highest BCUT2D eigenvalue weighted by molar-refractivity contribution is 5.85. The lowest BCUT2D eigenvalue weighted by atomic mass is 9.98. The van der Waals surface area contributed by atoms with Gasteiger partial charge in [0.05, 0.1) is 0 Å². The van der Waals surface area contributed by atoms with Gasteiger partial charge in [0.15, 0.2) is 0 Å². The minimum atomic E-state index is -0.142. The van der Waals surface area contributed by atoms with Crippen molar-refractivity contribution in [3.8, 4) is 0 Å². The molecule has 0 atom stereocenters. The molecule has 1 heterocycles. The molecule has 60 valence electrons. The van der Waals surface area contributed by atoms with Gasteiger partial charge in [-0.1, -0.05) is 0 Å². The molecule has 3 N–H and O–H groups in total. The molecule has 0 spiro atoms. The number of primary amides is 1. The van der Waals surface area contributed by atoms with Gasteiger partial charge in [-0.05, 0) is 25.9 Å². The summed E-state index contributed by atoms with van der Waals surface area (Å²) >= 11 is 0. The molecule has 1 rings (SSSR count). The second-order valence-corrected chi connectivity index (χ2v) is 2.43. The third kappa shape index (κ3) is 2.54. The maximum atomic E-state index is 10.5. The Morgan fingerprint density at radius 3 is 2.20 bits per heavy atom. The predicted molar refractivity (Wildman–Crippen MR) is 42.0 cm³/mol. The van der Waals surface area contributed by atoms with E-state index in [4.69, 9.17) is 5.73 Å². The van der Waals surface area contributed by atoms with Crippen molar-refractivity contribution >= 4 is 18.3 Å². The van der Waals surface area contributed by atoms with E-state index in [1.165, 1.54) is 0 Å². The number of nitrogens with two attached hydrogens (primary N) is 1. The first-order valence-corrected chi connectivity index (χ1v) is 3.31. The van der Waals surface area contributed by atoms with Crippen LogP contribution in [0.15, 0.2) is 0 Å². The molecule has 0 aliphatic carbocycles. The van der Waals surface area contributed by atoms with Crippen LogP contribution >= 0.6 is 12.4 Å². The van der Waals surface area contributed by atoms with Crippen LogP contribution in [0.4, 0.5) is 0 Å². The van der Waals surface area contributed by atoms with Gasteiger partial charge in [0.25, 0.3) is 0 Å². The molecular formula is C6H13ClN2O. The summed E-state index contributed by atoms with van der Waals surface area (Å²) < 4.78 is 0. The van der Waals surface area contributed by atoms with E-state index in [1.807, 2.05) is 0 Å². The van der Waals surface area contributed by atoms with Crippen molar-refractivity contribution in [1.29, 1.82) is 0 Å². The normalized spacial score (nSPS) is 19.6. The fourth-order valence-corrected chi connectivity index (χ4v) is 1.11. The van der Waals surface area contributed by atoms with E-state index in [0.717, 1.165) is 25.9 Å². The van der Waals surface area contributed by atoms with Crippen LogP contribution in [0.3, 0.4) is 0 Å². The fraction of sp³-hybridized carbons (Fsp3) is 0.833. The summed E-state index contributed by atoms with van der Waals surface area (Å²) in [5.74, 6) is -0.0113. The van der Waals surface area contributed by atoms with Gasteiger partial charge in [0.2, 0.25) is 5.91 Å². The topological polar surface area (TPSA) is 55.1 Å². The third-order valence-corrected chi connectivity index (χ3v) is 1.74. The van der Waals surface area contributed by atoms with E-state index in [-0.39, 0.29) is 24.2 Å². The molecule has 1 aliphatic heterocycles. The number of amides is 1. The lowest BCUT2D eigenvalue weighted by Crippen LogP contribution is -2.34. The first-order valence-electron chi connectivity index (χ1n) is 3.31. The first kappa shape index (κ1) is 9.72. The van der Waals surface area contributed by atoms with Crippen LogP contribution in [-0.2, 0) is 4.79 Å². The van der Waals surface area contributed by atoms with Gasteiger partial charge in [-0.2, -0.15) is 0 Å². The lowest BCUT2D eigenvalue weighted by molar-refractivity contribution is -0.122. The van der Waals surface area contributed by atoms with Crippen molar-refractivity contribution in [3.63, 3.8) is 0 Å². The average molecular weight is 165 g/mol. The SMILES string of the molecule is Cl.NC(=O)C1CCNCC1. The Hall–Kier alpha value is -0.280. The van der Waals surface area contributed by atoms with Crippen LogP contribution in [0.5, 0.6) is 0 Å². The van der Waals surface area contributed by atoms with Crippen molar-refractivity contribution < 1.29 is 4.79 Å². The van der Waals surface area contributed by atoms with E-state index in [1.54, 1.807) is 0 Å². The Balaban J connectivity index is 0.000000810. The van der Waals surface area contributed by atoms with E-state index < -0.39 is 0 Å². The Morgan fingerprint density at radius 1 is 1.40 bits per heavy atom. The van der Waals surface area contributed by atoms with Gasteiger partial charge in [-0.3, -0.25) is 4.79 Å². The Kier molecular flexibility index (Phi) is 4.40. The maximum Gasteiger partial charge on any atom is 0.220 e. The van der Waals surface area contributed by atoms with Gasteiger partial charge < -0.3 is 11.1 Å². The highest BCUT2D eigenvalue weighted by Gasteiger charge is 2.17. The standard InChI is InChI=1S/C6H12N2O.ClH/c7-6(9)5-1-3-8-4-2-5;/h5,8H,1-4H2,(H2,7,9);1H. The van der Waals surface area contributed by atoms with Crippen LogP contribution in [0, 0.1) is 5.92 Å². The molecule has 0 unspecified atom stereocenters. The summed E-state index contributed by atoms with van der Waals surface area (Å²) in [6, 6.07) is 0. The van der Waals surface area contributed by atoms with Crippen LogP contribution < -0.4 is 11.1 Å². The molecule has 0 aromatic carbocycles. The van der Waals surface area contributed by atoms with Crippen molar-refractivity contribution in [2.45, 2.75) is 12.8 Å². The minimum absolute atomic E-state index is 0. The second-order valence-electron chi connectivity index (χ2n) is 2.43. The zero-order valence-corrected chi connectivity index (χ0v) is 6.62. The maximum absolute atomic E-state index is 10.5. The monoisotopic (exact) mass is 164 g/mol. The zero-order valence-electron chi connectivity index (χ0n) is 5.80. The Bertz CT molecular complexity index is 112. The van der Waals surface area contributed by atoms with Crippen molar-refractivity contribution in [1.82, 2.24) is 5.32 Å². The summed E-state index contributed by atoms with van der Waals surface area (Å²) in [4.78, 5) is 10.5. The van der Waals surface area contributed by atoms with Crippen molar-refractivity contribution in [2.75, 3.05) is 13.1 Å². The molecule has 1 fully saturated rings. The number of hydrogen-bond donors (Lipinski definition) is 2. The molecule has 0 bridgehead atoms. The van der Waals surface area contributed by atoms with E-state index in [2.05, 4.69) is 5.32 Å². The molecular weight excluding hydrogens is 152 g/mol. The number of carbonyl (C=O) groups is 1. The molecule has 0 aromatic rings. The molecule has 10 heavy (non-hydrogen) atoms. The number of carbonyl (C=O) groups excluding carboxylic acids is 1. The minimum Gasteiger partial charge on any atom is -0.369 e. The fourth-order valence-electron chi connectivity index (χ4n) is 1.11. The summed E-state index contributed by atoms with van der Waals surface area (Å²) in [5, 5.41) is 3.16. The zero-order chi connectivity index (χ0) is 6.69. The van der Waals surface area contributed by atoms with Gasteiger partial charge in [-0.25, -0.2) is 0 Å². The highest BCUT2D eigenvalue weighted by Crippen LogP contribution is 2.09. The molecule has 0 aromatic heterocycles. The highest BCUT2D eigenvalue weighted by atomic mass is 35.5. The molecule has 3 nitrogen and oxygen atoms in total. The summed E-state index contributed by atoms with van der Waals surface area (Å²) in [7, 11) is 0. The van der Waals surface area contributed by atoms with Crippen LogP contribution in [0.1, 0.15) is 12.8 Å². The number of halogens is 1. The molecule has 0 saturated carbocycles. The van der Waals surface area contributed by atoms with Crippen LogP contribution in [-0.4, -0.2) is 19.0 Å². The van der Waals surface area contributed by atoms with E-state index >= 15 is 0 Å². The van der Waals surface area contributed by atoms with E-state index in [0.29, 0.717) is 0 Å². The number of nitrogens with one attached hydrogen (secondary N) is 1. The first-order chi connectivity index (χ1) is 4.30.